The van der Waals surface area contributed by atoms with E-state index in [-0.39, 0.29) is 28.3 Å². The first-order valence-electron chi connectivity index (χ1n) is 14.8. The van der Waals surface area contributed by atoms with Crippen molar-refractivity contribution in [1.29, 1.82) is 0 Å². The van der Waals surface area contributed by atoms with Gasteiger partial charge < -0.3 is 30.0 Å². The topological polar surface area (TPSA) is 145 Å². The average molecular weight is 662 g/mol. The number of carbonyl (C=O) groups excluding carboxylic acids is 2. The van der Waals surface area contributed by atoms with Crippen LogP contribution in [0.5, 0.6) is 11.5 Å². The molecule has 0 unspecified atom stereocenters. The smallest absolute Gasteiger partial charge is 0.550 e. The van der Waals surface area contributed by atoms with E-state index in [4.69, 9.17) is 19.8 Å². The molecule has 0 aromatic heterocycles. The van der Waals surface area contributed by atoms with E-state index < -0.39 is 11.9 Å². The van der Waals surface area contributed by atoms with Crippen LogP contribution in [-0.2, 0) is 39.2 Å². The maximum Gasteiger partial charge on any atom is 2.00 e. The van der Waals surface area contributed by atoms with Gasteiger partial charge in [0.15, 0.2) is 0 Å². The maximum atomic E-state index is 10.6. The molecule has 3 aromatic rings. The van der Waals surface area contributed by atoms with Crippen molar-refractivity contribution in [2.24, 2.45) is 21.8 Å². The number of para-hydroxylation sites is 2. The van der Waals surface area contributed by atoms with Crippen LogP contribution in [0, 0.1) is 25.7 Å². The molecule has 0 saturated heterocycles. The van der Waals surface area contributed by atoms with Crippen LogP contribution in [-0.4, -0.2) is 34.6 Å². The van der Waals surface area contributed by atoms with Crippen molar-refractivity contribution in [2.75, 3.05) is 0 Å². The zero-order valence-electron chi connectivity index (χ0n) is 27.5. The summed E-state index contributed by atoms with van der Waals surface area (Å²) < 4.78 is 0. The SMILES string of the molecule is CC(=O)[O-].CC(=O)[O-].Cc1cc(CCC(C)C)cc(C=Nc2ccccc2N=Cc2cc(CCC(C)C)cc(C)c2O)c1O.[Co+2]. The van der Waals surface area contributed by atoms with Gasteiger partial charge in [0, 0.05) is 35.5 Å². The predicted octanol–water partition coefficient (Wildman–Crippen LogP) is 5.90. The maximum absolute atomic E-state index is 10.6. The number of phenols is 2. The Hall–Kier alpha value is -3.95. The molecule has 0 heterocycles. The Bertz CT molecular complexity index is 1330. The van der Waals surface area contributed by atoms with E-state index in [9.17, 15) is 10.2 Å². The van der Waals surface area contributed by atoms with Gasteiger partial charge in [0.25, 0.3) is 0 Å². The van der Waals surface area contributed by atoms with Crippen LogP contribution in [0.2, 0.25) is 0 Å². The monoisotopic (exact) mass is 661 g/mol. The van der Waals surface area contributed by atoms with Gasteiger partial charge in [-0.25, -0.2) is 0 Å². The fourth-order valence-electron chi connectivity index (χ4n) is 4.12. The molecule has 9 heteroatoms. The van der Waals surface area contributed by atoms with Crippen molar-refractivity contribution in [3.8, 4) is 11.5 Å². The van der Waals surface area contributed by atoms with Crippen molar-refractivity contribution < 1.29 is 46.8 Å². The van der Waals surface area contributed by atoms with Gasteiger partial charge in [-0.1, -0.05) is 52.0 Å². The number of aliphatic carboxylic acids is 2. The number of aliphatic imine (C=N–C) groups is 2. The number of benzene rings is 3. The third-order valence-corrected chi connectivity index (χ3v) is 6.37. The van der Waals surface area contributed by atoms with Crippen LogP contribution in [0.25, 0.3) is 0 Å². The van der Waals surface area contributed by atoms with Crippen LogP contribution >= 0.6 is 0 Å². The minimum atomic E-state index is -1.08. The number of carbonyl (C=O) groups is 2. The second-order valence-electron chi connectivity index (χ2n) is 11.6. The Labute approximate surface area is 278 Å². The molecule has 45 heavy (non-hydrogen) atoms. The van der Waals surface area contributed by atoms with E-state index in [0.717, 1.165) is 50.7 Å². The molecule has 0 bridgehead atoms. The molecule has 0 aliphatic heterocycles. The number of hydrogen-bond donors (Lipinski definition) is 2. The zero-order chi connectivity index (χ0) is 33.4. The normalized spacial score (nSPS) is 10.7. The molecular weight excluding hydrogens is 615 g/mol. The van der Waals surface area contributed by atoms with Gasteiger partial charge in [-0.15, -0.1) is 0 Å². The molecule has 2 N–H and O–H groups in total. The number of rotatable bonds is 10. The van der Waals surface area contributed by atoms with Crippen LogP contribution in [0.1, 0.15) is 87.8 Å². The molecule has 0 saturated carbocycles. The van der Waals surface area contributed by atoms with Crippen LogP contribution in [0.4, 0.5) is 11.4 Å². The van der Waals surface area contributed by atoms with Crippen molar-refractivity contribution >= 4 is 35.7 Å². The molecule has 0 amide bonds. The van der Waals surface area contributed by atoms with Gasteiger partial charge in [-0.2, -0.15) is 0 Å². The Kier molecular flexibility index (Phi) is 19.1. The number of hydrogen-bond acceptors (Lipinski definition) is 8. The number of carboxylic acid groups (broad SMARTS) is 2. The fraction of sp³-hybridized carbons (Fsp3) is 0.389. The average Bonchev–Trinajstić information content (AvgIpc) is 2.92. The zero-order valence-corrected chi connectivity index (χ0v) is 28.6. The predicted molar refractivity (Wildman–Crippen MR) is 174 cm³/mol. The summed E-state index contributed by atoms with van der Waals surface area (Å²) in [7, 11) is 0. The third kappa shape index (κ3) is 16.6. The molecule has 0 atom stereocenters. The summed E-state index contributed by atoms with van der Waals surface area (Å²) >= 11 is 0. The fourth-order valence-corrected chi connectivity index (χ4v) is 4.12. The number of phenolic OH excluding ortho intramolecular Hbond substituents is 2. The van der Waals surface area contributed by atoms with Gasteiger partial charge in [0.05, 0.1) is 11.4 Å². The third-order valence-electron chi connectivity index (χ3n) is 6.37. The first kappa shape index (κ1) is 41.0. The van der Waals surface area contributed by atoms with Crippen LogP contribution in [0.3, 0.4) is 0 Å². The van der Waals surface area contributed by atoms with Crippen molar-refractivity contribution in [2.45, 2.75) is 81.1 Å². The number of nitrogens with zero attached hydrogens (tertiary/aromatic N) is 2. The molecule has 3 aromatic carbocycles. The van der Waals surface area contributed by atoms with E-state index in [1.165, 1.54) is 11.1 Å². The van der Waals surface area contributed by atoms with E-state index in [0.29, 0.717) is 34.3 Å². The Balaban J connectivity index is 0.00000192. The molecular formula is C36H46CoN2O6. The first-order valence-corrected chi connectivity index (χ1v) is 14.8. The quantitative estimate of drug-likeness (QED) is 0.259. The van der Waals surface area contributed by atoms with E-state index in [2.05, 4.69) is 49.8 Å². The second-order valence-corrected chi connectivity index (χ2v) is 11.6. The van der Waals surface area contributed by atoms with Gasteiger partial charge >= 0.3 is 16.8 Å². The Morgan fingerprint density at radius 3 is 1.31 bits per heavy atom. The van der Waals surface area contributed by atoms with Crippen molar-refractivity contribution in [3.63, 3.8) is 0 Å². The second kappa shape index (κ2) is 20.9. The van der Waals surface area contributed by atoms with E-state index in [1.807, 2.05) is 50.2 Å². The summed E-state index contributed by atoms with van der Waals surface area (Å²) in [6, 6.07) is 15.8. The summed E-state index contributed by atoms with van der Waals surface area (Å²) in [5.41, 5.74) is 6.93. The molecule has 0 aliphatic carbocycles. The van der Waals surface area contributed by atoms with Crippen molar-refractivity contribution in [1.82, 2.24) is 0 Å². The van der Waals surface area contributed by atoms with Crippen molar-refractivity contribution in [3.05, 3.63) is 81.9 Å². The summed E-state index contributed by atoms with van der Waals surface area (Å²) in [6.45, 7) is 14.7. The van der Waals surface area contributed by atoms with E-state index in [1.54, 1.807) is 12.4 Å². The standard InChI is InChI=1S/C32H40N2O2.2C2H4O2.Co/c1-21(2)11-13-25-15-23(5)31(35)27(17-25)19-33-29-9-7-8-10-30(29)34-20-28-18-26(14-12-22(3)4)16-24(6)32(28)36;2*1-2(3)4;/h7-10,15-22,35-36H,11-14H2,1-6H3;2*1H3,(H,3,4);/q;;;+2/p-2. The van der Waals surface area contributed by atoms with E-state index >= 15 is 0 Å². The van der Waals surface area contributed by atoms with Crippen LogP contribution in [0.15, 0.2) is 58.5 Å². The minimum Gasteiger partial charge on any atom is -0.550 e. The first-order chi connectivity index (χ1) is 20.6. The molecule has 0 spiro atoms. The minimum absolute atomic E-state index is 0. The number of aromatic hydroxyl groups is 2. The molecule has 0 fully saturated rings. The van der Waals surface area contributed by atoms with Gasteiger partial charge in [0.1, 0.15) is 11.5 Å². The molecule has 245 valence electrons. The van der Waals surface area contributed by atoms with Gasteiger partial charge in [-0.05, 0) is 112 Å². The molecule has 3 rings (SSSR count). The Morgan fingerprint density at radius 1 is 0.711 bits per heavy atom. The number of aryl methyl sites for hydroxylation is 4. The molecule has 8 nitrogen and oxygen atoms in total. The van der Waals surface area contributed by atoms with Gasteiger partial charge in [0.2, 0.25) is 0 Å². The number of carboxylic acids is 2. The summed E-state index contributed by atoms with van der Waals surface area (Å²) in [5.74, 6) is -0.404. The molecule has 1 radical (unpaired) electrons. The van der Waals surface area contributed by atoms with Crippen LogP contribution < -0.4 is 10.2 Å². The summed E-state index contributed by atoms with van der Waals surface area (Å²) in [6.07, 6.45) is 7.57. The summed E-state index contributed by atoms with van der Waals surface area (Å²) in [4.78, 5) is 27.1. The van der Waals surface area contributed by atoms with Gasteiger partial charge in [-0.3, -0.25) is 9.98 Å². The molecule has 0 aliphatic rings. The Morgan fingerprint density at radius 2 is 1.02 bits per heavy atom. The largest absolute Gasteiger partial charge is 2.00 e. The summed E-state index contributed by atoms with van der Waals surface area (Å²) in [5, 5.41) is 39.0.